The number of alkyl halides is 3. The smallest absolute Gasteiger partial charge is 0.408 e. The zero-order chi connectivity index (χ0) is 17.4. The van der Waals surface area contributed by atoms with Crippen LogP contribution in [-0.4, -0.2) is 45.2 Å². The molecule has 0 amide bonds. The maximum Gasteiger partial charge on any atom is 0.408 e. The van der Waals surface area contributed by atoms with Crippen molar-refractivity contribution < 1.29 is 31.5 Å². The number of sulfonamides is 1. The van der Waals surface area contributed by atoms with E-state index in [1.807, 2.05) is 4.72 Å². The Balaban J connectivity index is 2.28. The predicted octanol–water partition coefficient (Wildman–Crippen LogP) is 0.678. The third-order valence-electron chi connectivity index (χ3n) is 2.65. The van der Waals surface area contributed by atoms with E-state index < -0.39 is 39.3 Å². The standard InChI is InChI=1S/C10H10F3N5O4S/c1-17-8(9(19)20)7(3-14-17)16-23(21,22)6-2-15-18(4-6)5-10(11,12)13/h2-4,16H,5H2,1H3,(H,19,20). The zero-order valence-corrected chi connectivity index (χ0v) is 12.3. The number of aryl methyl sites for hydroxylation is 1. The Morgan fingerprint density at radius 3 is 2.57 bits per heavy atom. The lowest BCUT2D eigenvalue weighted by molar-refractivity contribution is -0.142. The van der Waals surface area contributed by atoms with Crippen molar-refractivity contribution >= 4 is 21.7 Å². The van der Waals surface area contributed by atoms with Gasteiger partial charge in [0.05, 0.1) is 12.4 Å². The molecule has 0 radical (unpaired) electrons. The summed E-state index contributed by atoms with van der Waals surface area (Å²) in [4.78, 5) is 10.5. The van der Waals surface area contributed by atoms with Crippen molar-refractivity contribution in [2.45, 2.75) is 17.6 Å². The quantitative estimate of drug-likeness (QED) is 0.816. The van der Waals surface area contributed by atoms with Crippen LogP contribution in [0.15, 0.2) is 23.5 Å². The average Bonchev–Trinajstić information content (AvgIpc) is 2.94. The summed E-state index contributed by atoms with van der Waals surface area (Å²) in [5, 5.41) is 15.9. The second kappa shape index (κ2) is 5.57. The molecule has 0 atom stereocenters. The van der Waals surface area contributed by atoms with E-state index in [9.17, 15) is 26.4 Å². The van der Waals surface area contributed by atoms with E-state index in [1.54, 1.807) is 0 Å². The van der Waals surface area contributed by atoms with Gasteiger partial charge in [-0.1, -0.05) is 0 Å². The van der Waals surface area contributed by atoms with Crippen LogP contribution in [0.4, 0.5) is 18.9 Å². The van der Waals surface area contributed by atoms with Crippen molar-refractivity contribution in [1.82, 2.24) is 19.6 Å². The Kier molecular flexibility index (Phi) is 4.07. The molecular formula is C10H10F3N5O4S. The lowest BCUT2D eigenvalue weighted by Gasteiger charge is -2.06. The van der Waals surface area contributed by atoms with E-state index in [4.69, 9.17) is 5.11 Å². The van der Waals surface area contributed by atoms with Gasteiger partial charge in [-0.15, -0.1) is 0 Å². The van der Waals surface area contributed by atoms with E-state index in [1.165, 1.54) is 7.05 Å². The topological polar surface area (TPSA) is 119 Å². The lowest BCUT2D eigenvalue weighted by atomic mass is 10.4. The second-order valence-electron chi connectivity index (χ2n) is 4.43. The number of anilines is 1. The number of carboxylic acid groups (broad SMARTS) is 1. The predicted molar refractivity (Wildman–Crippen MR) is 69.3 cm³/mol. The molecule has 2 aromatic rings. The second-order valence-corrected chi connectivity index (χ2v) is 6.11. The third-order valence-corrected chi connectivity index (χ3v) is 3.97. The molecule has 9 nitrogen and oxygen atoms in total. The van der Waals surface area contributed by atoms with Gasteiger partial charge in [0.25, 0.3) is 10.0 Å². The molecular weight excluding hydrogens is 343 g/mol. The van der Waals surface area contributed by atoms with E-state index in [0.29, 0.717) is 10.9 Å². The zero-order valence-electron chi connectivity index (χ0n) is 11.4. The van der Waals surface area contributed by atoms with Gasteiger partial charge in [-0.25, -0.2) is 13.2 Å². The number of halogens is 3. The number of carboxylic acids is 1. The highest BCUT2D eigenvalue weighted by molar-refractivity contribution is 7.92. The van der Waals surface area contributed by atoms with Crippen LogP contribution >= 0.6 is 0 Å². The SMILES string of the molecule is Cn1ncc(NS(=O)(=O)c2cnn(CC(F)(F)F)c2)c1C(=O)O. The molecule has 2 heterocycles. The first-order valence-electron chi connectivity index (χ1n) is 5.87. The minimum absolute atomic E-state index is 0.316. The number of nitrogens with zero attached hydrogens (tertiary/aromatic N) is 4. The van der Waals surface area contributed by atoms with Crippen molar-refractivity contribution in [2.75, 3.05) is 4.72 Å². The summed E-state index contributed by atoms with van der Waals surface area (Å²) in [5.74, 6) is -1.42. The molecule has 0 fully saturated rings. The summed E-state index contributed by atoms with van der Waals surface area (Å²) in [6, 6.07) is 0. The van der Waals surface area contributed by atoms with Crippen LogP contribution in [0.3, 0.4) is 0 Å². The Bertz CT molecular complexity index is 839. The number of nitrogens with one attached hydrogen (secondary N) is 1. The number of aromatic carboxylic acids is 1. The minimum atomic E-state index is -4.56. The minimum Gasteiger partial charge on any atom is -0.476 e. The van der Waals surface area contributed by atoms with Gasteiger partial charge in [0.1, 0.15) is 17.1 Å². The molecule has 0 aliphatic carbocycles. The van der Waals surface area contributed by atoms with E-state index in [2.05, 4.69) is 10.2 Å². The molecule has 0 saturated carbocycles. The largest absolute Gasteiger partial charge is 0.476 e. The highest BCUT2D eigenvalue weighted by Gasteiger charge is 2.29. The van der Waals surface area contributed by atoms with Crippen molar-refractivity contribution in [2.24, 2.45) is 7.05 Å². The van der Waals surface area contributed by atoms with E-state index >= 15 is 0 Å². The summed E-state index contributed by atoms with van der Waals surface area (Å²) in [5.41, 5.74) is -0.736. The molecule has 2 N–H and O–H groups in total. The van der Waals surface area contributed by atoms with Crippen LogP contribution in [0.1, 0.15) is 10.5 Å². The van der Waals surface area contributed by atoms with Gasteiger partial charge in [-0.3, -0.25) is 14.1 Å². The molecule has 2 aromatic heterocycles. The van der Waals surface area contributed by atoms with Gasteiger partial charge >= 0.3 is 12.1 Å². The molecule has 0 aromatic carbocycles. The summed E-state index contributed by atoms with van der Waals surface area (Å²) in [6.45, 7) is -1.45. The molecule has 0 saturated heterocycles. The first-order valence-corrected chi connectivity index (χ1v) is 7.35. The molecule has 0 bridgehead atoms. The number of hydrogen-bond donors (Lipinski definition) is 2. The van der Waals surface area contributed by atoms with Gasteiger partial charge in [0.2, 0.25) is 0 Å². The number of hydrogen-bond acceptors (Lipinski definition) is 5. The van der Waals surface area contributed by atoms with E-state index in [0.717, 1.165) is 17.1 Å². The molecule has 0 aliphatic heterocycles. The van der Waals surface area contributed by atoms with Crippen molar-refractivity contribution in [3.8, 4) is 0 Å². The van der Waals surface area contributed by atoms with Gasteiger partial charge in [-0.2, -0.15) is 23.4 Å². The first-order chi connectivity index (χ1) is 10.5. The molecule has 13 heteroatoms. The van der Waals surface area contributed by atoms with Crippen molar-refractivity contribution in [1.29, 1.82) is 0 Å². The molecule has 23 heavy (non-hydrogen) atoms. The average molecular weight is 353 g/mol. The van der Waals surface area contributed by atoms with Gasteiger partial charge in [0.15, 0.2) is 5.69 Å². The highest BCUT2D eigenvalue weighted by atomic mass is 32.2. The number of carbonyl (C=O) groups is 1. The monoisotopic (exact) mass is 353 g/mol. The Morgan fingerprint density at radius 1 is 1.35 bits per heavy atom. The summed E-state index contributed by atoms with van der Waals surface area (Å²) in [6.07, 6.45) is -2.17. The molecule has 0 unspecified atom stereocenters. The first kappa shape index (κ1) is 16.8. The van der Waals surface area contributed by atoms with Crippen LogP contribution in [0.2, 0.25) is 0 Å². The van der Waals surface area contributed by atoms with Crippen molar-refractivity contribution in [3.63, 3.8) is 0 Å². The Morgan fingerprint density at radius 2 is 2.00 bits per heavy atom. The lowest BCUT2D eigenvalue weighted by Crippen LogP contribution is -2.18. The Labute approximate surface area is 127 Å². The van der Waals surface area contributed by atoms with Gasteiger partial charge in [-0.05, 0) is 0 Å². The van der Waals surface area contributed by atoms with Gasteiger partial charge in [0, 0.05) is 13.2 Å². The number of aromatic nitrogens is 4. The fourth-order valence-electron chi connectivity index (χ4n) is 1.72. The summed E-state index contributed by atoms with van der Waals surface area (Å²) in [7, 11) is -3.01. The fraction of sp³-hybridized carbons (Fsp3) is 0.300. The van der Waals surface area contributed by atoms with Gasteiger partial charge < -0.3 is 5.11 Å². The maximum absolute atomic E-state index is 12.2. The normalized spacial score (nSPS) is 12.3. The molecule has 126 valence electrons. The molecule has 2 rings (SSSR count). The van der Waals surface area contributed by atoms with Crippen LogP contribution in [0.25, 0.3) is 0 Å². The molecule has 0 aliphatic rings. The Hall–Kier alpha value is -2.57. The maximum atomic E-state index is 12.2. The fourth-order valence-corrected chi connectivity index (χ4v) is 2.73. The van der Waals surface area contributed by atoms with Crippen LogP contribution in [-0.2, 0) is 23.6 Å². The van der Waals surface area contributed by atoms with Crippen LogP contribution in [0.5, 0.6) is 0 Å². The number of rotatable bonds is 5. The van der Waals surface area contributed by atoms with Crippen molar-refractivity contribution in [3.05, 3.63) is 24.3 Å². The highest BCUT2D eigenvalue weighted by Crippen LogP contribution is 2.21. The van der Waals surface area contributed by atoms with E-state index in [-0.39, 0.29) is 5.69 Å². The third kappa shape index (κ3) is 3.80. The van der Waals surface area contributed by atoms with Crippen LogP contribution in [0, 0.1) is 0 Å². The van der Waals surface area contributed by atoms with Crippen LogP contribution < -0.4 is 4.72 Å². The molecule has 0 spiro atoms. The summed E-state index contributed by atoms with van der Waals surface area (Å²) >= 11 is 0. The summed E-state index contributed by atoms with van der Waals surface area (Å²) < 4.78 is 64.2.